The van der Waals surface area contributed by atoms with Gasteiger partial charge in [-0.3, -0.25) is 19.1 Å². The summed E-state index contributed by atoms with van der Waals surface area (Å²) in [7, 11) is 0. The lowest BCUT2D eigenvalue weighted by Gasteiger charge is -2.19. The Bertz CT molecular complexity index is 1330. The van der Waals surface area contributed by atoms with Gasteiger partial charge < -0.3 is 15.2 Å². The van der Waals surface area contributed by atoms with Crippen LogP contribution in [0.3, 0.4) is 0 Å². The van der Waals surface area contributed by atoms with E-state index in [-0.39, 0.29) is 30.5 Å². The maximum absolute atomic E-state index is 13.2. The van der Waals surface area contributed by atoms with E-state index >= 15 is 0 Å². The van der Waals surface area contributed by atoms with Crippen molar-refractivity contribution in [3.63, 3.8) is 0 Å². The van der Waals surface area contributed by atoms with Crippen LogP contribution in [0.5, 0.6) is 0 Å². The molecule has 1 fully saturated rings. The minimum atomic E-state index is -0.447. The number of carbonyl (C=O) groups excluding carboxylic acids is 2. The van der Waals surface area contributed by atoms with Gasteiger partial charge in [-0.25, -0.2) is 4.79 Å². The molecule has 0 unspecified atom stereocenters. The smallest absolute Gasteiger partial charge is 0.414 e. The number of nitrogens with zero attached hydrogens (tertiary/aromatic N) is 2. The van der Waals surface area contributed by atoms with Crippen LogP contribution in [0.2, 0.25) is 4.34 Å². The van der Waals surface area contributed by atoms with Crippen molar-refractivity contribution in [1.82, 2.24) is 9.88 Å². The summed E-state index contributed by atoms with van der Waals surface area (Å²) in [6.07, 6.45) is 2.18. The van der Waals surface area contributed by atoms with Gasteiger partial charge in [0.05, 0.1) is 28.1 Å². The fourth-order valence-corrected chi connectivity index (χ4v) is 5.57. The van der Waals surface area contributed by atoms with Crippen LogP contribution in [0.1, 0.15) is 39.2 Å². The number of aromatic nitrogens is 1. The molecule has 2 N–H and O–H groups in total. The minimum absolute atomic E-state index is 0.0145. The zero-order valence-corrected chi connectivity index (χ0v) is 22.4. The molecule has 0 radical (unpaired) electrons. The molecule has 0 bridgehead atoms. The standard InChI is InChI=1S/C27H30ClN3O5S/c1-17-14-20(31-16-21(36-27(31)35)5-6-22(33)23-7-8-24(28)37-23)15-18(2)25(17)30-12-3-4-19(26(30)34)9-10-29-11-13-32/h3-4,7-8,12,14-15,21,29,32H,5-6,9-11,13,16H2,1-2H3/t21-/m0/s1. The lowest BCUT2D eigenvalue weighted by atomic mass is 10.1. The number of Topliss-reactive ketones (excluding diaryl/α,β-unsaturated/α-hetero) is 1. The molecule has 1 aliphatic heterocycles. The summed E-state index contributed by atoms with van der Waals surface area (Å²) in [4.78, 5) is 40.4. The van der Waals surface area contributed by atoms with Gasteiger partial charge in [-0.05, 0) is 74.7 Å². The van der Waals surface area contributed by atoms with E-state index in [1.165, 1.54) is 11.3 Å². The van der Waals surface area contributed by atoms with Gasteiger partial charge in [-0.1, -0.05) is 17.7 Å². The van der Waals surface area contributed by atoms with Crippen molar-refractivity contribution in [3.8, 4) is 5.69 Å². The van der Waals surface area contributed by atoms with Crippen LogP contribution in [0.15, 0.2) is 47.4 Å². The molecule has 0 spiro atoms. The molecule has 1 aromatic carbocycles. The first-order chi connectivity index (χ1) is 17.8. The summed E-state index contributed by atoms with van der Waals surface area (Å²) < 4.78 is 7.75. The van der Waals surface area contributed by atoms with E-state index in [0.29, 0.717) is 52.9 Å². The Morgan fingerprint density at radius 3 is 2.62 bits per heavy atom. The van der Waals surface area contributed by atoms with Gasteiger partial charge in [0.15, 0.2) is 5.78 Å². The number of carbonyl (C=O) groups is 2. The Kier molecular flexibility index (Phi) is 8.81. The average molecular weight is 544 g/mol. The SMILES string of the molecule is Cc1cc(N2C[C@H](CCC(=O)c3ccc(Cl)s3)OC2=O)cc(C)c1-n1cccc(CCNCCO)c1=O. The number of aliphatic hydroxyl groups excluding tert-OH is 1. The molecule has 2 aromatic heterocycles. The Morgan fingerprint density at radius 1 is 1.19 bits per heavy atom. The molecule has 37 heavy (non-hydrogen) atoms. The molecule has 3 aromatic rings. The quantitative estimate of drug-likeness (QED) is 0.276. The number of aryl methyl sites for hydroxylation is 2. The predicted molar refractivity (Wildman–Crippen MR) is 146 cm³/mol. The van der Waals surface area contributed by atoms with E-state index in [4.69, 9.17) is 21.4 Å². The van der Waals surface area contributed by atoms with Gasteiger partial charge in [0.2, 0.25) is 0 Å². The van der Waals surface area contributed by atoms with Crippen LogP contribution >= 0.6 is 22.9 Å². The Morgan fingerprint density at radius 2 is 1.95 bits per heavy atom. The number of rotatable bonds is 11. The maximum atomic E-state index is 13.2. The average Bonchev–Trinajstić information content (AvgIpc) is 3.47. The summed E-state index contributed by atoms with van der Waals surface area (Å²) in [5.41, 5.74) is 3.77. The highest BCUT2D eigenvalue weighted by Crippen LogP contribution is 2.30. The molecule has 10 heteroatoms. The van der Waals surface area contributed by atoms with E-state index in [2.05, 4.69) is 5.32 Å². The van der Waals surface area contributed by atoms with Crippen LogP contribution in [0.4, 0.5) is 10.5 Å². The number of ketones is 1. The monoisotopic (exact) mass is 543 g/mol. The normalized spacial score (nSPS) is 15.3. The first kappa shape index (κ1) is 27.1. The number of cyclic esters (lactones) is 1. The molecular formula is C27H30ClN3O5S. The second kappa shape index (κ2) is 12.0. The lowest BCUT2D eigenvalue weighted by Crippen LogP contribution is -2.28. The minimum Gasteiger partial charge on any atom is -0.444 e. The first-order valence-electron chi connectivity index (χ1n) is 12.2. The molecule has 1 atom stereocenters. The number of nitrogens with one attached hydrogen (secondary N) is 1. The number of halogens is 1. The van der Waals surface area contributed by atoms with E-state index in [9.17, 15) is 14.4 Å². The number of aliphatic hydroxyl groups is 1. The Labute approximate surface area is 224 Å². The third-order valence-corrected chi connectivity index (χ3v) is 7.60. The number of ether oxygens (including phenoxy) is 1. The van der Waals surface area contributed by atoms with Gasteiger partial charge in [0, 0.05) is 30.4 Å². The molecule has 196 valence electrons. The zero-order valence-electron chi connectivity index (χ0n) is 20.8. The van der Waals surface area contributed by atoms with Crippen molar-refractivity contribution >= 4 is 40.5 Å². The molecule has 1 amide bonds. The number of amides is 1. The molecule has 3 heterocycles. The number of hydrogen-bond acceptors (Lipinski definition) is 7. The number of anilines is 1. The number of thiophene rings is 1. The van der Waals surface area contributed by atoms with Gasteiger partial charge >= 0.3 is 6.09 Å². The molecule has 0 aliphatic carbocycles. The van der Waals surface area contributed by atoms with E-state index in [1.54, 1.807) is 27.8 Å². The van der Waals surface area contributed by atoms with Crippen molar-refractivity contribution in [1.29, 1.82) is 0 Å². The van der Waals surface area contributed by atoms with Crippen LogP contribution in [-0.2, 0) is 11.2 Å². The third-order valence-electron chi connectivity index (χ3n) is 6.33. The van der Waals surface area contributed by atoms with Crippen molar-refractivity contribution in [2.45, 2.75) is 39.2 Å². The highest BCUT2D eigenvalue weighted by molar-refractivity contribution is 7.18. The van der Waals surface area contributed by atoms with E-state index in [1.807, 2.05) is 38.1 Å². The third kappa shape index (κ3) is 6.30. The maximum Gasteiger partial charge on any atom is 0.414 e. The van der Waals surface area contributed by atoms with Crippen LogP contribution in [0.25, 0.3) is 5.69 Å². The van der Waals surface area contributed by atoms with Crippen molar-refractivity contribution < 1.29 is 19.4 Å². The van der Waals surface area contributed by atoms with Crippen LogP contribution < -0.4 is 15.8 Å². The zero-order chi connectivity index (χ0) is 26.5. The molecule has 1 saturated heterocycles. The number of hydrogen-bond donors (Lipinski definition) is 2. The number of benzene rings is 1. The molecule has 4 rings (SSSR count). The molecule has 8 nitrogen and oxygen atoms in total. The van der Waals surface area contributed by atoms with E-state index < -0.39 is 6.09 Å². The second-order valence-electron chi connectivity index (χ2n) is 9.04. The largest absolute Gasteiger partial charge is 0.444 e. The topological polar surface area (TPSA) is 101 Å². The van der Waals surface area contributed by atoms with E-state index in [0.717, 1.165) is 16.8 Å². The summed E-state index contributed by atoms with van der Waals surface area (Å²) in [5.74, 6) is -0.0145. The van der Waals surface area contributed by atoms with Gasteiger partial charge in [-0.2, -0.15) is 0 Å². The highest BCUT2D eigenvalue weighted by Gasteiger charge is 2.33. The molecular weight excluding hydrogens is 514 g/mol. The predicted octanol–water partition coefficient (Wildman–Crippen LogP) is 4.28. The van der Waals surface area contributed by atoms with Crippen LogP contribution in [0, 0.1) is 13.8 Å². The summed E-state index contributed by atoms with van der Waals surface area (Å²) >= 11 is 7.17. The summed E-state index contributed by atoms with van der Waals surface area (Å²) in [6, 6.07) is 10.8. The molecule has 1 aliphatic rings. The second-order valence-corrected chi connectivity index (χ2v) is 10.8. The van der Waals surface area contributed by atoms with Crippen molar-refractivity contribution in [2.24, 2.45) is 0 Å². The van der Waals surface area contributed by atoms with Crippen molar-refractivity contribution in [3.05, 3.63) is 78.9 Å². The highest BCUT2D eigenvalue weighted by atomic mass is 35.5. The number of pyridine rings is 1. The van der Waals surface area contributed by atoms with Gasteiger partial charge in [0.1, 0.15) is 6.10 Å². The first-order valence-corrected chi connectivity index (χ1v) is 13.4. The fourth-order valence-electron chi connectivity index (χ4n) is 4.56. The summed E-state index contributed by atoms with van der Waals surface area (Å²) in [6.45, 7) is 5.32. The Hall–Kier alpha value is -2.98. The lowest BCUT2D eigenvalue weighted by molar-refractivity contribution is 0.0943. The van der Waals surface area contributed by atoms with Gasteiger partial charge in [-0.15, -0.1) is 11.3 Å². The fraction of sp³-hybridized carbons (Fsp3) is 0.370. The van der Waals surface area contributed by atoms with Crippen LogP contribution in [-0.4, -0.2) is 53.9 Å². The van der Waals surface area contributed by atoms with Gasteiger partial charge in [0.25, 0.3) is 5.56 Å². The Balaban J connectivity index is 1.47. The molecule has 0 saturated carbocycles. The van der Waals surface area contributed by atoms with Crippen molar-refractivity contribution in [2.75, 3.05) is 31.1 Å². The summed E-state index contributed by atoms with van der Waals surface area (Å²) in [5, 5.41) is 12.0.